The SMILES string of the molecule is CC(C)(C)CC(C)(C)c1cc(-n2nc3ccccc3n2)c(O)c([N+](=O)[O-])c1. The molecule has 0 aliphatic carbocycles. The van der Waals surface area contributed by atoms with Gasteiger partial charge in [0.05, 0.1) is 4.92 Å². The lowest BCUT2D eigenvalue weighted by atomic mass is 9.72. The second kappa shape index (κ2) is 6.33. The summed E-state index contributed by atoms with van der Waals surface area (Å²) in [4.78, 5) is 12.2. The minimum Gasteiger partial charge on any atom is -0.501 e. The predicted molar refractivity (Wildman–Crippen MR) is 104 cm³/mol. The Kier molecular flexibility index (Phi) is 4.41. The van der Waals surface area contributed by atoms with Gasteiger partial charge < -0.3 is 5.11 Å². The molecule has 0 spiro atoms. The Hall–Kier alpha value is -2.96. The number of phenolic OH excluding ortho intramolecular Hbond substituents is 1. The van der Waals surface area contributed by atoms with Crippen LogP contribution in [0, 0.1) is 15.5 Å². The number of rotatable bonds is 4. The quantitative estimate of drug-likeness (QED) is 0.530. The summed E-state index contributed by atoms with van der Waals surface area (Å²) in [5.41, 5.74) is 1.63. The fourth-order valence-corrected chi connectivity index (χ4v) is 3.68. The van der Waals surface area contributed by atoms with Crippen LogP contribution in [0.15, 0.2) is 36.4 Å². The molecule has 3 rings (SSSR count). The van der Waals surface area contributed by atoms with Gasteiger partial charge in [0.15, 0.2) is 0 Å². The molecule has 142 valence electrons. The van der Waals surface area contributed by atoms with Gasteiger partial charge in [-0.15, -0.1) is 15.0 Å². The van der Waals surface area contributed by atoms with Gasteiger partial charge in [-0.25, -0.2) is 0 Å². The van der Waals surface area contributed by atoms with Crippen LogP contribution >= 0.6 is 0 Å². The molecule has 1 aromatic heterocycles. The van der Waals surface area contributed by atoms with Gasteiger partial charge in [0, 0.05) is 6.07 Å². The van der Waals surface area contributed by atoms with Crippen molar-refractivity contribution in [3.05, 3.63) is 52.1 Å². The van der Waals surface area contributed by atoms with Crippen LogP contribution in [0.3, 0.4) is 0 Å². The van der Waals surface area contributed by atoms with Crippen molar-refractivity contribution >= 4 is 16.7 Å². The number of phenols is 1. The zero-order valence-electron chi connectivity index (χ0n) is 16.2. The maximum atomic E-state index is 11.5. The van der Waals surface area contributed by atoms with E-state index in [9.17, 15) is 15.2 Å². The van der Waals surface area contributed by atoms with Gasteiger partial charge in [0.1, 0.15) is 16.7 Å². The number of nitrogens with zero attached hydrogens (tertiary/aromatic N) is 4. The molecule has 1 heterocycles. The summed E-state index contributed by atoms with van der Waals surface area (Å²) in [6.45, 7) is 10.5. The van der Waals surface area contributed by atoms with Crippen LogP contribution < -0.4 is 0 Å². The first-order valence-corrected chi connectivity index (χ1v) is 8.82. The molecule has 0 aliphatic rings. The Morgan fingerprint density at radius 2 is 1.63 bits per heavy atom. The van der Waals surface area contributed by atoms with Crippen molar-refractivity contribution in [2.75, 3.05) is 0 Å². The number of nitro benzene ring substituents is 1. The van der Waals surface area contributed by atoms with Gasteiger partial charge in [-0.3, -0.25) is 10.1 Å². The molecule has 0 unspecified atom stereocenters. The topological polar surface area (TPSA) is 94.1 Å². The summed E-state index contributed by atoms with van der Waals surface area (Å²) in [7, 11) is 0. The Bertz CT molecular complexity index is 983. The van der Waals surface area contributed by atoms with Gasteiger partial charge in [-0.2, -0.15) is 0 Å². The zero-order chi connectivity index (χ0) is 20.0. The summed E-state index contributed by atoms with van der Waals surface area (Å²) >= 11 is 0. The van der Waals surface area contributed by atoms with Crippen LogP contribution in [0.2, 0.25) is 0 Å². The van der Waals surface area contributed by atoms with Gasteiger partial charge in [-0.1, -0.05) is 46.8 Å². The maximum Gasteiger partial charge on any atom is 0.313 e. The molecule has 0 atom stereocenters. The van der Waals surface area contributed by atoms with E-state index in [1.54, 1.807) is 18.2 Å². The van der Waals surface area contributed by atoms with Crippen molar-refractivity contribution < 1.29 is 10.0 Å². The molecule has 0 radical (unpaired) electrons. The Balaban J connectivity index is 2.21. The largest absolute Gasteiger partial charge is 0.501 e. The van der Waals surface area contributed by atoms with Crippen molar-refractivity contribution in [3.63, 3.8) is 0 Å². The van der Waals surface area contributed by atoms with E-state index in [2.05, 4.69) is 31.0 Å². The minimum absolute atomic E-state index is 0.0367. The number of hydrogen-bond acceptors (Lipinski definition) is 5. The molecule has 2 aromatic carbocycles. The van der Waals surface area contributed by atoms with Gasteiger partial charge in [0.25, 0.3) is 0 Å². The molecule has 7 heteroatoms. The van der Waals surface area contributed by atoms with Crippen molar-refractivity contribution in [2.24, 2.45) is 5.41 Å². The van der Waals surface area contributed by atoms with Crippen LogP contribution in [0.1, 0.15) is 46.6 Å². The highest BCUT2D eigenvalue weighted by Gasteiger charge is 2.31. The first kappa shape index (κ1) is 18.8. The Morgan fingerprint density at radius 3 is 2.11 bits per heavy atom. The molecule has 1 N–H and O–H groups in total. The average Bonchev–Trinajstić information content (AvgIpc) is 2.96. The van der Waals surface area contributed by atoms with E-state index < -0.39 is 10.7 Å². The fourth-order valence-electron chi connectivity index (χ4n) is 3.68. The maximum absolute atomic E-state index is 11.5. The van der Waals surface area contributed by atoms with Crippen LogP contribution in [0.25, 0.3) is 16.7 Å². The molecule has 0 aliphatic heterocycles. The Labute approximate surface area is 157 Å². The zero-order valence-corrected chi connectivity index (χ0v) is 16.2. The molecule has 7 nitrogen and oxygen atoms in total. The minimum atomic E-state index is -0.571. The number of aromatic nitrogens is 3. The fraction of sp³-hybridized carbons (Fsp3) is 0.400. The van der Waals surface area contributed by atoms with Crippen molar-refractivity contribution in [2.45, 2.75) is 46.5 Å². The lowest BCUT2D eigenvalue weighted by Crippen LogP contribution is -2.25. The molecule has 0 amide bonds. The first-order chi connectivity index (χ1) is 12.5. The lowest BCUT2D eigenvalue weighted by Gasteiger charge is -2.33. The normalized spacial score (nSPS) is 12.5. The molecule has 0 saturated carbocycles. The van der Waals surface area contributed by atoms with Crippen LogP contribution in [-0.4, -0.2) is 25.0 Å². The van der Waals surface area contributed by atoms with E-state index in [1.807, 2.05) is 26.0 Å². The van der Waals surface area contributed by atoms with Gasteiger partial charge in [0.2, 0.25) is 5.75 Å². The van der Waals surface area contributed by atoms with Crippen molar-refractivity contribution in [1.29, 1.82) is 0 Å². The predicted octanol–water partition coefficient (Wildman–Crippen LogP) is 4.75. The van der Waals surface area contributed by atoms with Crippen molar-refractivity contribution in [3.8, 4) is 11.4 Å². The van der Waals surface area contributed by atoms with Crippen LogP contribution in [0.5, 0.6) is 5.75 Å². The molecule has 27 heavy (non-hydrogen) atoms. The highest BCUT2D eigenvalue weighted by Crippen LogP contribution is 2.42. The number of fused-ring (bicyclic) bond motifs is 1. The van der Waals surface area contributed by atoms with Crippen LogP contribution in [0.4, 0.5) is 5.69 Å². The summed E-state index contributed by atoms with van der Waals surface area (Å²) in [5.74, 6) is -0.435. The monoisotopic (exact) mass is 368 g/mol. The second-order valence-corrected chi connectivity index (χ2v) is 8.72. The molecular formula is C20H24N4O3. The third-order valence-electron chi connectivity index (χ3n) is 4.52. The molecule has 0 bridgehead atoms. The van der Waals surface area contributed by atoms with E-state index in [1.165, 1.54) is 10.9 Å². The van der Waals surface area contributed by atoms with E-state index in [4.69, 9.17) is 0 Å². The van der Waals surface area contributed by atoms with E-state index in [-0.39, 0.29) is 22.2 Å². The highest BCUT2D eigenvalue weighted by atomic mass is 16.6. The number of hydrogen-bond donors (Lipinski definition) is 1. The third kappa shape index (κ3) is 3.77. The van der Waals surface area contributed by atoms with Crippen molar-refractivity contribution in [1.82, 2.24) is 15.0 Å². The van der Waals surface area contributed by atoms with Gasteiger partial charge in [-0.05, 0) is 41.0 Å². The first-order valence-electron chi connectivity index (χ1n) is 8.82. The van der Waals surface area contributed by atoms with E-state index in [0.29, 0.717) is 11.0 Å². The van der Waals surface area contributed by atoms with Gasteiger partial charge >= 0.3 is 5.69 Å². The summed E-state index contributed by atoms with van der Waals surface area (Å²) < 4.78 is 0. The standard InChI is InChI=1S/C20H24N4O3/c1-19(2,3)12-20(4,5)13-10-16(18(25)17(11-13)24(26)27)23-21-14-8-6-7-9-15(14)22-23/h6-11,25H,12H2,1-5H3. The number of aromatic hydroxyl groups is 1. The molecule has 0 saturated heterocycles. The highest BCUT2D eigenvalue weighted by molar-refractivity contribution is 5.74. The summed E-state index contributed by atoms with van der Waals surface area (Å²) in [5, 5.41) is 30.8. The lowest BCUT2D eigenvalue weighted by molar-refractivity contribution is -0.385. The Morgan fingerprint density at radius 1 is 1.07 bits per heavy atom. The summed E-state index contributed by atoms with van der Waals surface area (Å²) in [6, 6.07) is 10.5. The number of benzene rings is 2. The molecule has 0 fully saturated rings. The number of nitro groups is 1. The molecular weight excluding hydrogens is 344 g/mol. The second-order valence-electron chi connectivity index (χ2n) is 8.72. The van der Waals surface area contributed by atoms with E-state index >= 15 is 0 Å². The summed E-state index contributed by atoms with van der Waals surface area (Å²) in [6.07, 6.45) is 0.815. The smallest absolute Gasteiger partial charge is 0.313 e. The average molecular weight is 368 g/mol. The molecule has 3 aromatic rings. The van der Waals surface area contributed by atoms with Crippen LogP contribution in [-0.2, 0) is 5.41 Å². The third-order valence-corrected chi connectivity index (χ3v) is 4.52. The van der Waals surface area contributed by atoms with E-state index in [0.717, 1.165) is 12.0 Å².